The molecule has 1 aliphatic rings. The molecule has 3 aromatic carbocycles. The van der Waals surface area contributed by atoms with Crippen molar-refractivity contribution in [3.63, 3.8) is 0 Å². The first-order valence-corrected chi connectivity index (χ1v) is 13.2. The first-order valence-electron chi connectivity index (χ1n) is 10.9. The van der Waals surface area contributed by atoms with Gasteiger partial charge < -0.3 is 9.30 Å². The molecule has 0 aliphatic carbocycles. The van der Waals surface area contributed by atoms with Crippen molar-refractivity contribution in [2.75, 3.05) is 18.0 Å². The summed E-state index contributed by atoms with van der Waals surface area (Å²) in [7, 11) is -2.55. The predicted octanol–water partition coefficient (Wildman–Crippen LogP) is 3.51. The standard InChI is InChI=1S/C25H20FN3O5S2/c1-34-23(30)15-28-21-11-8-18(26)14-22(21)35-25(28)27-24(31)17-6-9-19(10-7-17)36(32,33)29-13-12-16-4-2-3-5-20(16)29/h2-11,14H,12-13,15H2,1H3. The number of halogens is 1. The Kier molecular flexibility index (Phi) is 6.19. The zero-order chi connectivity index (χ0) is 25.4. The molecule has 5 rings (SSSR count). The lowest BCUT2D eigenvalue weighted by molar-refractivity contribution is -0.141. The molecule has 0 saturated carbocycles. The zero-order valence-electron chi connectivity index (χ0n) is 19.0. The van der Waals surface area contributed by atoms with Gasteiger partial charge >= 0.3 is 5.97 Å². The monoisotopic (exact) mass is 525 g/mol. The summed E-state index contributed by atoms with van der Waals surface area (Å²) < 4.78 is 48.2. The van der Waals surface area contributed by atoms with E-state index in [1.165, 1.54) is 58.4 Å². The molecule has 0 N–H and O–H groups in total. The molecule has 1 aliphatic heterocycles. The SMILES string of the molecule is COC(=O)Cn1c(=NC(=O)c2ccc(S(=O)(=O)N3CCc4ccccc43)cc2)sc2cc(F)ccc21. The fraction of sp³-hybridized carbons (Fsp3) is 0.160. The summed E-state index contributed by atoms with van der Waals surface area (Å²) in [4.78, 5) is 29.2. The van der Waals surface area contributed by atoms with E-state index in [9.17, 15) is 22.4 Å². The molecule has 0 unspecified atom stereocenters. The molecule has 184 valence electrons. The highest BCUT2D eigenvalue weighted by Gasteiger charge is 2.30. The molecule has 0 radical (unpaired) electrons. The molecular formula is C25H20FN3O5S2. The third kappa shape index (κ3) is 4.31. The highest BCUT2D eigenvalue weighted by atomic mass is 32.2. The van der Waals surface area contributed by atoms with Crippen LogP contribution in [0.25, 0.3) is 10.2 Å². The van der Waals surface area contributed by atoms with Crippen molar-refractivity contribution in [1.82, 2.24) is 4.57 Å². The summed E-state index contributed by atoms with van der Waals surface area (Å²) in [5, 5.41) is 0. The molecule has 8 nitrogen and oxygen atoms in total. The molecule has 1 aromatic heterocycles. The van der Waals surface area contributed by atoms with Gasteiger partial charge in [0.25, 0.3) is 15.9 Å². The normalized spacial score (nSPS) is 13.7. The van der Waals surface area contributed by atoms with Gasteiger partial charge in [0.1, 0.15) is 12.4 Å². The maximum absolute atomic E-state index is 13.7. The fourth-order valence-corrected chi connectivity index (χ4v) is 6.64. The van der Waals surface area contributed by atoms with Gasteiger partial charge in [-0.2, -0.15) is 4.99 Å². The van der Waals surface area contributed by atoms with Crippen molar-refractivity contribution in [3.8, 4) is 0 Å². The molecule has 4 aromatic rings. The van der Waals surface area contributed by atoms with Crippen molar-refractivity contribution in [3.05, 3.63) is 88.5 Å². The number of benzene rings is 3. The lowest BCUT2D eigenvalue weighted by atomic mass is 10.2. The van der Waals surface area contributed by atoms with Gasteiger partial charge in [0.2, 0.25) is 0 Å². The summed E-state index contributed by atoms with van der Waals surface area (Å²) in [6.07, 6.45) is 0.634. The number of carbonyl (C=O) groups is 2. The number of carbonyl (C=O) groups excluding carboxylic acids is 2. The third-order valence-electron chi connectivity index (χ3n) is 5.89. The summed E-state index contributed by atoms with van der Waals surface area (Å²) in [5.41, 5.74) is 2.33. The molecule has 2 heterocycles. The molecule has 1 amide bonds. The van der Waals surface area contributed by atoms with Crippen molar-refractivity contribution in [1.29, 1.82) is 0 Å². The van der Waals surface area contributed by atoms with E-state index in [4.69, 9.17) is 4.74 Å². The molecule has 0 atom stereocenters. The second-order valence-electron chi connectivity index (χ2n) is 8.06. The van der Waals surface area contributed by atoms with Crippen LogP contribution in [0.4, 0.5) is 10.1 Å². The maximum Gasteiger partial charge on any atom is 0.325 e. The molecule has 0 bridgehead atoms. The summed E-state index contributed by atoms with van der Waals surface area (Å²) in [5.74, 6) is -1.63. The number of amides is 1. The first kappa shape index (κ1) is 23.9. The average molecular weight is 526 g/mol. The van der Waals surface area contributed by atoms with Crippen LogP contribution < -0.4 is 9.11 Å². The topological polar surface area (TPSA) is 98.0 Å². The number of nitrogens with zero attached hydrogens (tertiary/aromatic N) is 3. The summed E-state index contributed by atoms with van der Waals surface area (Å²) >= 11 is 1.06. The molecule has 11 heteroatoms. The Balaban J connectivity index is 1.47. The number of sulfonamides is 1. The van der Waals surface area contributed by atoms with Crippen molar-refractivity contribution in [2.24, 2.45) is 4.99 Å². The van der Waals surface area contributed by atoms with Gasteiger partial charge in [0.15, 0.2) is 4.80 Å². The van der Waals surface area contributed by atoms with Crippen LogP contribution in [0.15, 0.2) is 76.6 Å². The largest absolute Gasteiger partial charge is 0.468 e. The van der Waals surface area contributed by atoms with E-state index in [1.807, 2.05) is 12.1 Å². The van der Waals surface area contributed by atoms with Gasteiger partial charge in [0, 0.05) is 12.1 Å². The van der Waals surface area contributed by atoms with Crippen LogP contribution in [-0.4, -0.2) is 38.5 Å². The van der Waals surface area contributed by atoms with Crippen LogP contribution in [0.3, 0.4) is 0 Å². The Morgan fingerprint density at radius 2 is 1.83 bits per heavy atom. The number of fused-ring (bicyclic) bond motifs is 2. The van der Waals surface area contributed by atoms with Crippen molar-refractivity contribution in [2.45, 2.75) is 17.9 Å². The predicted molar refractivity (Wildman–Crippen MR) is 133 cm³/mol. The quantitative estimate of drug-likeness (QED) is 0.372. The number of anilines is 1. The van der Waals surface area contributed by atoms with Crippen LogP contribution in [0.5, 0.6) is 0 Å². The van der Waals surface area contributed by atoms with E-state index in [2.05, 4.69) is 4.99 Å². The number of hydrogen-bond acceptors (Lipinski definition) is 6. The molecule has 0 spiro atoms. The number of rotatable bonds is 5. The number of para-hydroxylation sites is 1. The minimum absolute atomic E-state index is 0.0637. The minimum atomic E-state index is -3.80. The highest BCUT2D eigenvalue weighted by molar-refractivity contribution is 7.92. The van der Waals surface area contributed by atoms with Crippen molar-refractivity contribution >= 4 is 49.1 Å². The molecule has 0 fully saturated rings. The Hall–Kier alpha value is -3.83. The van der Waals surface area contributed by atoms with Gasteiger partial charge in [-0.05, 0) is 60.5 Å². The lowest BCUT2D eigenvalue weighted by Crippen LogP contribution is -2.29. The van der Waals surface area contributed by atoms with Gasteiger partial charge in [-0.3, -0.25) is 13.9 Å². The van der Waals surface area contributed by atoms with E-state index < -0.39 is 27.7 Å². The zero-order valence-corrected chi connectivity index (χ0v) is 20.7. The maximum atomic E-state index is 13.7. The summed E-state index contributed by atoms with van der Waals surface area (Å²) in [6.45, 7) is 0.146. The molecule has 36 heavy (non-hydrogen) atoms. The Morgan fingerprint density at radius 1 is 1.08 bits per heavy atom. The van der Waals surface area contributed by atoms with Crippen LogP contribution in [0.2, 0.25) is 0 Å². The van der Waals surface area contributed by atoms with E-state index in [-0.39, 0.29) is 21.8 Å². The van der Waals surface area contributed by atoms with Crippen LogP contribution in [0, 0.1) is 5.82 Å². The van der Waals surface area contributed by atoms with Crippen LogP contribution in [-0.2, 0) is 32.5 Å². The number of esters is 1. The Morgan fingerprint density at radius 3 is 2.58 bits per heavy atom. The van der Waals surface area contributed by atoms with E-state index in [0.29, 0.717) is 28.9 Å². The lowest BCUT2D eigenvalue weighted by Gasteiger charge is -2.19. The Labute approximate surface area is 209 Å². The second kappa shape index (κ2) is 9.32. The fourth-order valence-electron chi connectivity index (χ4n) is 4.08. The van der Waals surface area contributed by atoms with E-state index in [1.54, 1.807) is 12.1 Å². The number of thiazole rings is 1. The van der Waals surface area contributed by atoms with E-state index >= 15 is 0 Å². The summed E-state index contributed by atoms with van der Waals surface area (Å²) in [6, 6.07) is 17.0. The number of methoxy groups -OCH3 is 1. The first-order chi connectivity index (χ1) is 17.3. The van der Waals surface area contributed by atoms with Crippen LogP contribution >= 0.6 is 11.3 Å². The second-order valence-corrected chi connectivity index (χ2v) is 10.9. The Bertz CT molecular complexity index is 1670. The van der Waals surface area contributed by atoms with Crippen LogP contribution in [0.1, 0.15) is 15.9 Å². The number of hydrogen-bond donors (Lipinski definition) is 0. The third-order valence-corrected chi connectivity index (χ3v) is 8.76. The minimum Gasteiger partial charge on any atom is -0.468 e. The number of aromatic nitrogens is 1. The van der Waals surface area contributed by atoms with Crippen molar-refractivity contribution < 1.29 is 27.1 Å². The van der Waals surface area contributed by atoms with Gasteiger partial charge in [0.05, 0.1) is 27.9 Å². The van der Waals surface area contributed by atoms with Gasteiger partial charge in [-0.1, -0.05) is 29.5 Å². The van der Waals surface area contributed by atoms with Gasteiger partial charge in [-0.15, -0.1) is 0 Å². The highest BCUT2D eigenvalue weighted by Crippen LogP contribution is 2.32. The molecule has 0 saturated heterocycles. The smallest absolute Gasteiger partial charge is 0.325 e. The average Bonchev–Trinajstić information content (AvgIpc) is 3.45. The van der Waals surface area contributed by atoms with Gasteiger partial charge in [-0.25, -0.2) is 12.8 Å². The van der Waals surface area contributed by atoms with E-state index in [0.717, 1.165) is 16.9 Å². The molecular weight excluding hydrogens is 505 g/mol. The number of ether oxygens (including phenoxy) is 1.